The molecule has 2 aliphatic rings. The fraction of sp³-hybridized carbons (Fsp3) is 0.385. The van der Waals surface area contributed by atoms with E-state index in [1.165, 1.54) is 5.57 Å². The van der Waals surface area contributed by atoms with Gasteiger partial charge in [0.05, 0.1) is 12.3 Å². The number of dihydropyridines is 1. The van der Waals surface area contributed by atoms with Crippen molar-refractivity contribution in [3.63, 3.8) is 0 Å². The average Bonchev–Trinajstić information content (AvgIpc) is 2.40. The van der Waals surface area contributed by atoms with Gasteiger partial charge in [0.2, 0.25) is 0 Å². The average molecular weight is 231 g/mol. The molecule has 1 aliphatic carbocycles. The van der Waals surface area contributed by atoms with Gasteiger partial charge in [-0.25, -0.2) is 0 Å². The maximum atomic E-state index is 10.5. The second-order valence-electron chi connectivity index (χ2n) is 4.15. The highest BCUT2D eigenvalue weighted by molar-refractivity contribution is 6.33. The molecule has 0 aromatic heterocycles. The zero-order chi connectivity index (χ0) is 12.1. The molecule has 0 saturated carbocycles. The summed E-state index contributed by atoms with van der Waals surface area (Å²) in [6.45, 7) is 0.671. The van der Waals surface area contributed by atoms with Gasteiger partial charge >= 0.3 is 0 Å². The number of nitrogens with zero attached hydrogens (tertiary/aromatic N) is 1. The van der Waals surface area contributed by atoms with E-state index in [2.05, 4.69) is 40.1 Å². The van der Waals surface area contributed by atoms with Crippen molar-refractivity contribution < 1.29 is 4.79 Å². The Morgan fingerprint density at radius 1 is 1.41 bits per heavy atom. The van der Waals surface area contributed by atoms with Crippen molar-refractivity contribution >= 4 is 12.0 Å². The molecule has 2 rings (SSSR count). The Labute approximate surface area is 101 Å². The number of aldehydes is 1. The van der Waals surface area contributed by atoms with Crippen LogP contribution in [-0.2, 0) is 4.79 Å². The number of hydrogen-bond acceptors (Lipinski definition) is 4. The van der Waals surface area contributed by atoms with Crippen LogP contribution in [0.1, 0.15) is 6.42 Å². The van der Waals surface area contributed by atoms with Gasteiger partial charge in [-0.3, -0.25) is 20.6 Å². The summed E-state index contributed by atoms with van der Waals surface area (Å²) in [4.78, 5) is 14.8. The van der Waals surface area contributed by atoms with Crippen LogP contribution in [0.25, 0.3) is 0 Å². The molecule has 2 N–H and O–H groups in total. The molecule has 17 heavy (non-hydrogen) atoms. The Hall–Kier alpha value is -1.52. The van der Waals surface area contributed by atoms with Crippen LogP contribution in [0.2, 0.25) is 0 Å². The van der Waals surface area contributed by atoms with Crippen LogP contribution in [-0.4, -0.2) is 31.6 Å². The number of aliphatic imine (C=N–C) groups is 1. The highest BCUT2D eigenvalue weighted by Gasteiger charge is 2.16. The van der Waals surface area contributed by atoms with E-state index < -0.39 is 0 Å². The molecule has 0 radical (unpaired) electrons. The van der Waals surface area contributed by atoms with E-state index in [0.29, 0.717) is 24.2 Å². The largest absolute Gasteiger partial charge is 0.296 e. The van der Waals surface area contributed by atoms with E-state index in [9.17, 15) is 4.79 Å². The van der Waals surface area contributed by atoms with Crippen molar-refractivity contribution in [2.24, 2.45) is 10.9 Å². The molecule has 0 bridgehead atoms. The second-order valence-corrected chi connectivity index (χ2v) is 4.15. The van der Waals surface area contributed by atoms with Crippen LogP contribution in [0.3, 0.4) is 0 Å². The fourth-order valence-corrected chi connectivity index (χ4v) is 2.03. The van der Waals surface area contributed by atoms with Crippen molar-refractivity contribution in [1.82, 2.24) is 10.9 Å². The standard InChI is InChI=1S/C13H17N3O/c1-14-16-12-5-2-10(3-6-12)11-4-7-13(9-17)15-8-11/h2-5,7,9,11-12,14,16H,6,8H2,1H3. The van der Waals surface area contributed by atoms with E-state index in [4.69, 9.17) is 0 Å². The third-order valence-electron chi connectivity index (χ3n) is 2.98. The van der Waals surface area contributed by atoms with Gasteiger partial charge in [0, 0.05) is 12.0 Å². The van der Waals surface area contributed by atoms with Gasteiger partial charge in [0.15, 0.2) is 6.29 Å². The van der Waals surface area contributed by atoms with Crippen molar-refractivity contribution in [2.75, 3.05) is 13.6 Å². The van der Waals surface area contributed by atoms with Crippen molar-refractivity contribution in [1.29, 1.82) is 0 Å². The summed E-state index contributed by atoms with van der Waals surface area (Å²) in [5.74, 6) is 0.311. The van der Waals surface area contributed by atoms with Gasteiger partial charge in [0.25, 0.3) is 0 Å². The first-order valence-electron chi connectivity index (χ1n) is 5.82. The number of rotatable bonds is 4. The predicted octanol–water partition coefficient (Wildman–Crippen LogP) is 0.791. The summed E-state index contributed by atoms with van der Waals surface area (Å²) in [5, 5.41) is 0. The summed E-state index contributed by atoms with van der Waals surface area (Å²) in [7, 11) is 1.87. The molecule has 0 fully saturated rings. The Morgan fingerprint density at radius 3 is 2.82 bits per heavy atom. The number of hydrogen-bond donors (Lipinski definition) is 2. The topological polar surface area (TPSA) is 53.5 Å². The van der Waals surface area contributed by atoms with E-state index in [-0.39, 0.29) is 0 Å². The molecular weight excluding hydrogens is 214 g/mol. The van der Waals surface area contributed by atoms with Gasteiger partial charge in [-0.1, -0.05) is 24.3 Å². The zero-order valence-electron chi connectivity index (χ0n) is 9.89. The van der Waals surface area contributed by atoms with Crippen molar-refractivity contribution in [3.8, 4) is 0 Å². The summed E-state index contributed by atoms with van der Waals surface area (Å²) in [6, 6.07) is 0.352. The number of carbonyl (C=O) groups is 1. The van der Waals surface area contributed by atoms with Crippen LogP contribution in [0.5, 0.6) is 0 Å². The number of carbonyl (C=O) groups excluding carboxylic acids is 1. The van der Waals surface area contributed by atoms with Gasteiger partial charge in [-0.15, -0.1) is 0 Å². The summed E-state index contributed by atoms with van der Waals surface area (Å²) in [6.07, 6.45) is 12.1. The predicted molar refractivity (Wildman–Crippen MR) is 68.8 cm³/mol. The molecule has 1 aliphatic heterocycles. The van der Waals surface area contributed by atoms with Gasteiger partial charge < -0.3 is 0 Å². The molecule has 0 aromatic carbocycles. The molecule has 4 nitrogen and oxygen atoms in total. The lowest BCUT2D eigenvalue weighted by molar-refractivity contribution is -0.102. The normalized spacial score (nSPS) is 27.6. The maximum Gasteiger partial charge on any atom is 0.167 e. The molecule has 0 aromatic rings. The lowest BCUT2D eigenvalue weighted by atomic mass is 9.91. The van der Waals surface area contributed by atoms with E-state index in [0.717, 1.165) is 12.7 Å². The number of nitrogens with one attached hydrogen (secondary N) is 2. The Kier molecular flexibility index (Phi) is 4.01. The molecule has 0 amide bonds. The first-order valence-corrected chi connectivity index (χ1v) is 5.82. The Morgan fingerprint density at radius 2 is 2.29 bits per heavy atom. The van der Waals surface area contributed by atoms with Crippen LogP contribution in [0.15, 0.2) is 40.9 Å². The highest BCUT2D eigenvalue weighted by atomic mass is 16.1. The Balaban J connectivity index is 1.94. The van der Waals surface area contributed by atoms with Crippen LogP contribution < -0.4 is 10.9 Å². The smallest absolute Gasteiger partial charge is 0.167 e. The van der Waals surface area contributed by atoms with Crippen LogP contribution in [0, 0.1) is 5.92 Å². The Bertz CT molecular complexity index is 407. The first kappa shape index (κ1) is 12.0. The van der Waals surface area contributed by atoms with E-state index >= 15 is 0 Å². The SMILES string of the molecule is CNNC1C=CC(C2C=CC(C=O)=NC2)=CC1. The van der Waals surface area contributed by atoms with Crippen molar-refractivity contribution in [3.05, 3.63) is 36.0 Å². The first-order chi connectivity index (χ1) is 8.33. The fourth-order valence-electron chi connectivity index (χ4n) is 2.03. The minimum absolute atomic E-state index is 0.311. The number of hydrazine groups is 1. The molecule has 90 valence electrons. The van der Waals surface area contributed by atoms with E-state index in [1.807, 2.05) is 7.05 Å². The van der Waals surface area contributed by atoms with E-state index in [1.54, 1.807) is 6.08 Å². The molecule has 4 heteroatoms. The van der Waals surface area contributed by atoms with Gasteiger partial charge in [-0.2, -0.15) is 0 Å². The zero-order valence-corrected chi connectivity index (χ0v) is 9.89. The molecule has 1 heterocycles. The lowest BCUT2D eigenvalue weighted by Gasteiger charge is -2.21. The monoisotopic (exact) mass is 231 g/mol. The molecule has 0 spiro atoms. The molecule has 2 atom stereocenters. The summed E-state index contributed by atoms with van der Waals surface area (Å²) in [5.41, 5.74) is 7.91. The van der Waals surface area contributed by atoms with Crippen LogP contribution in [0.4, 0.5) is 0 Å². The van der Waals surface area contributed by atoms with Gasteiger partial charge in [0.1, 0.15) is 0 Å². The lowest BCUT2D eigenvalue weighted by Crippen LogP contribution is -2.37. The summed E-state index contributed by atoms with van der Waals surface area (Å²) >= 11 is 0. The molecule has 0 saturated heterocycles. The quantitative estimate of drug-likeness (QED) is 0.555. The third-order valence-corrected chi connectivity index (χ3v) is 2.98. The van der Waals surface area contributed by atoms with Gasteiger partial charge in [-0.05, 0) is 25.1 Å². The van der Waals surface area contributed by atoms with Crippen LogP contribution >= 0.6 is 0 Å². The summed E-state index contributed by atoms with van der Waals surface area (Å²) < 4.78 is 0. The van der Waals surface area contributed by atoms with Crippen molar-refractivity contribution in [2.45, 2.75) is 12.5 Å². The number of allylic oxidation sites excluding steroid dienone is 2. The minimum Gasteiger partial charge on any atom is -0.296 e. The molecular formula is C13H17N3O. The highest BCUT2D eigenvalue weighted by Crippen LogP contribution is 2.22. The third kappa shape index (κ3) is 2.99. The molecule has 2 unspecified atom stereocenters. The maximum absolute atomic E-state index is 10.5. The second kappa shape index (κ2) is 5.70. The minimum atomic E-state index is 0.311.